The van der Waals surface area contributed by atoms with Crippen molar-refractivity contribution in [3.05, 3.63) is 88.8 Å². The maximum absolute atomic E-state index is 14.6. The second kappa shape index (κ2) is 12.6. The Labute approximate surface area is 255 Å². The van der Waals surface area contributed by atoms with Crippen LogP contribution in [0, 0.1) is 17.1 Å². The Morgan fingerprint density at radius 1 is 1.14 bits per heavy atom. The molecule has 2 aromatic carbocycles. The molecule has 3 atom stereocenters. The zero-order valence-corrected chi connectivity index (χ0v) is 23.9. The van der Waals surface area contributed by atoms with Crippen molar-refractivity contribution in [2.45, 2.75) is 62.3 Å². The quantitative estimate of drug-likeness (QED) is 0.393. The minimum Gasteiger partial charge on any atom is -0.383 e. The van der Waals surface area contributed by atoms with Gasteiger partial charge >= 0.3 is 0 Å². The summed E-state index contributed by atoms with van der Waals surface area (Å²) >= 11 is 6.54. The number of amides is 3. The van der Waals surface area contributed by atoms with Crippen LogP contribution in [0.15, 0.2) is 66.9 Å². The fourth-order valence-corrected chi connectivity index (χ4v) is 5.82. The third-order valence-electron chi connectivity index (χ3n) is 7.78. The van der Waals surface area contributed by atoms with Crippen LogP contribution in [0.5, 0.6) is 0 Å². The third kappa shape index (κ3) is 6.39. The van der Waals surface area contributed by atoms with E-state index in [9.17, 15) is 37.9 Å². The topological polar surface area (TPSA) is 127 Å². The van der Waals surface area contributed by atoms with Crippen LogP contribution in [0.4, 0.5) is 24.7 Å². The number of hydrogen-bond acceptors (Lipinski definition) is 6. The first-order chi connectivity index (χ1) is 21.0. The number of pyridine rings is 1. The summed E-state index contributed by atoms with van der Waals surface area (Å²) in [5, 5.41) is 22.8. The number of aliphatic hydroxyl groups is 1. The minimum absolute atomic E-state index is 0.000106. The van der Waals surface area contributed by atoms with E-state index < -0.39 is 73.0 Å². The highest BCUT2D eigenvalue weighted by atomic mass is 35.5. The van der Waals surface area contributed by atoms with Gasteiger partial charge in [0.15, 0.2) is 0 Å². The van der Waals surface area contributed by atoms with E-state index in [0.717, 1.165) is 21.9 Å². The second-order valence-electron chi connectivity index (χ2n) is 10.7. The predicted octanol–water partition coefficient (Wildman–Crippen LogP) is 4.68. The summed E-state index contributed by atoms with van der Waals surface area (Å²) in [4.78, 5) is 47.9. The molecule has 3 aromatic rings. The number of nitrogens with zero attached hydrogens (tertiary/aromatic N) is 4. The maximum Gasteiger partial charge on any atom is 0.257 e. The molecule has 0 bridgehead atoms. The summed E-state index contributed by atoms with van der Waals surface area (Å²) in [7, 11) is 0. The lowest BCUT2D eigenvalue weighted by molar-refractivity contribution is -0.128. The molecule has 1 aliphatic carbocycles. The molecule has 228 valence electrons. The van der Waals surface area contributed by atoms with Crippen LogP contribution in [0.1, 0.15) is 49.3 Å². The fourth-order valence-electron chi connectivity index (χ4n) is 5.58. The van der Waals surface area contributed by atoms with Gasteiger partial charge in [-0.25, -0.2) is 18.2 Å². The number of carbonyl (C=O) groups excluding carboxylic acids is 3. The predicted molar refractivity (Wildman–Crippen MR) is 154 cm³/mol. The van der Waals surface area contributed by atoms with E-state index >= 15 is 0 Å². The van der Waals surface area contributed by atoms with Gasteiger partial charge in [-0.1, -0.05) is 35.9 Å². The van der Waals surface area contributed by atoms with Gasteiger partial charge in [0.2, 0.25) is 11.8 Å². The fraction of sp³-hybridized carbons (Fsp3) is 0.323. The van der Waals surface area contributed by atoms with Gasteiger partial charge < -0.3 is 10.4 Å². The zero-order valence-electron chi connectivity index (χ0n) is 23.2. The lowest BCUT2D eigenvalue weighted by atomic mass is 9.91. The molecule has 2 heterocycles. The Morgan fingerprint density at radius 2 is 1.86 bits per heavy atom. The molecule has 1 saturated heterocycles. The Hall–Kier alpha value is -4.47. The molecule has 13 heteroatoms. The molecule has 1 aromatic heterocycles. The van der Waals surface area contributed by atoms with Crippen molar-refractivity contribution >= 4 is 40.8 Å². The van der Waals surface area contributed by atoms with Gasteiger partial charge in [0.25, 0.3) is 11.8 Å². The van der Waals surface area contributed by atoms with E-state index in [2.05, 4.69) is 10.3 Å². The molecule has 9 nitrogen and oxygen atoms in total. The van der Waals surface area contributed by atoms with Gasteiger partial charge in [-0.2, -0.15) is 5.26 Å². The lowest BCUT2D eigenvalue weighted by Gasteiger charge is -2.37. The highest BCUT2D eigenvalue weighted by Crippen LogP contribution is 2.37. The van der Waals surface area contributed by atoms with Crippen LogP contribution in [0.2, 0.25) is 5.02 Å². The van der Waals surface area contributed by atoms with E-state index in [-0.39, 0.29) is 40.5 Å². The third-order valence-corrected chi connectivity index (χ3v) is 8.13. The number of rotatable bonds is 7. The summed E-state index contributed by atoms with van der Waals surface area (Å²) in [6, 6.07) is 12.1. The molecule has 2 N–H and O–H groups in total. The molecule has 5 rings (SSSR count). The Bertz CT molecular complexity index is 1620. The number of anilines is 2. The standard InChI is InChI=1S/C31H27ClF3N5O4/c32-23-7-2-1-6-22(23)27(28(42)38-20-8-11-31(34,35)12-9-20)39(21-5-3-4-19(33)15-21)29(43)24-16-25(41)30(44)40(24)26-14-18(17-36)10-13-37-26/h1-7,10,13-15,20,24-25,27,41H,8-9,11-12,16H2,(H,38,42)/t24-,25+,27-/m0/s1. The van der Waals surface area contributed by atoms with Crippen molar-refractivity contribution in [3.63, 3.8) is 0 Å². The van der Waals surface area contributed by atoms with Crippen molar-refractivity contribution in [1.29, 1.82) is 5.26 Å². The molecule has 0 spiro atoms. The molecule has 2 fully saturated rings. The molecular formula is C31H27ClF3N5O4. The van der Waals surface area contributed by atoms with Crippen molar-refractivity contribution in [1.82, 2.24) is 10.3 Å². The van der Waals surface area contributed by atoms with Gasteiger partial charge in [-0.05, 0) is 49.2 Å². The molecule has 3 amide bonds. The number of aliphatic hydroxyl groups excluding tert-OH is 1. The number of benzene rings is 2. The van der Waals surface area contributed by atoms with Gasteiger partial charge in [0.1, 0.15) is 29.8 Å². The highest BCUT2D eigenvalue weighted by molar-refractivity contribution is 6.31. The first-order valence-electron chi connectivity index (χ1n) is 13.9. The average Bonchev–Trinajstić information content (AvgIpc) is 3.30. The van der Waals surface area contributed by atoms with E-state index in [1.165, 1.54) is 42.6 Å². The van der Waals surface area contributed by atoms with E-state index in [4.69, 9.17) is 11.6 Å². The number of aromatic nitrogens is 1. The van der Waals surface area contributed by atoms with Crippen molar-refractivity contribution < 1.29 is 32.7 Å². The van der Waals surface area contributed by atoms with E-state index in [0.29, 0.717) is 0 Å². The number of carbonyl (C=O) groups is 3. The summed E-state index contributed by atoms with van der Waals surface area (Å²) in [6.07, 6.45) is -1.58. The highest BCUT2D eigenvalue weighted by Gasteiger charge is 2.48. The molecular weight excluding hydrogens is 599 g/mol. The van der Waals surface area contributed by atoms with Crippen molar-refractivity contribution in [3.8, 4) is 6.07 Å². The summed E-state index contributed by atoms with van der Waals surface area (Å²) in [5.74, 6) is -6.14. The SMILES string of the molecule is N#Cc1ccnc(N2C(=O)[C@H](O)C[C@H]2C(=O)N(c2cccc(F)c2)[C@H](C(=O)NC2CCC(F)(F)CC2)c2ccccc2Cl)c1. The molecule has 44 heavy (non-hydrogen) atoms. The molecule has 0 radical (unpaired) electrons. The Kier molecular flexibility index (Phi) is 8.90. The molecule has 0 unspecified atom stereocenters. The summed E-state index contributed by atoms with van der Waals surface area (Å²) in [6.45, 7) is 0. The van der Waals surface area contributed by atoms with E-state index in [1.807, 2.05) is 6.07 Å². The minimum atomic E-state index is -2.84. The smallest absolute Gasteiger partial charge is 0.257 e. The maximum atomic E-state index is 14.6. The summed E-state index contributed by atoms with van der Waals surface area (Å²) in [5.41, 5.74) is 0.243. The van der Waals surface area contributed by atoms with Gasteiger partial charge in [-0.3, -0.25) is 24.2 Å². The Morgan fingerprint density at radius 3 is 2.55 bits per heavy atom. The zero-order chi connectivity index (χ0) is 31.6. The number of halogens is 4. The number of alkyl halides is 2. The van der Waals surface area contributed by atoms with Crippen molar-refractivity contribution in [2.75, 3.05) is 9.80 Å². The van der Waals surface area contributed by atoms with Gasteiger partial charge in [-0.15, -0.1) is 0 Å². The Balaban J connectivity index is 1.61. The van der Waals surface area contributed by atoms with Crippen LogP contribution in [0.3, 0.4) is 0 Å². The number of nitrogens with one attached hydrogen (secondary N) is 1. The first kappa shape index (κ1) is 31.0. The average molecular weight is 626 g/mol. The van der Waals surface area contributed by atoms with Crippen molar-refractivity contribution in [2.24, 2.45) is 0 Å². The van der Waals surface area contributed by atoms with E-state index in [1.54, 1.807) is 12.1 Å². The number of nitriles is 1. The number of hydrogen-bond donors (Lipinski definition) is 2. The van der Waals surface area contributed by atoms with Crippen LogP contribution < -0.4 is 15.1 Å². The molecule has 1 saturated carbocycles. The van der Waals surface area contributed by atoms with Gasteiger partial charge in [0, 0.05) is 47.8 Å². The molecule has 1 aliphatic heterocycles. The molecule has 2 aliphatic rings. The second-order valence-corrected chi connectivity index (χ2v) is 11.1. The van der Waals surface area contributed by atoms with Crippen LogP contribution >= 0.6 is 11.6 Å². The monoisotopic (exact) mass is 625 g/mol. The van der Waals surface area contributed by atoms with Crippen LogP contribution in [-0.4, -0.2) is 51.9 Å². The normalized spacial score (nSPS) is 20.5. The van der Waals surface area contributed by atoms with Crippen LogP contribution in [-0.2, 0) is 14.4 Å². The first-order valence-corrected chi connectivity index (χ1v) is 14.3. The summed E-state index contributed by atoms with van der Waals surface area (Å²) < 4.78 is 42.3. The van der Waals surface area contributed by atoms with Gasteiger partial charge in [0.05, 0.1) is 11.6 Å². The van der Waals surface area contributed by atoms with Crippen LogP contribution in [0.25, 0.3) is 0 Å². The lowest BCUT2D eigenvalue weighted by Crippen LogP contribution is -2.53. The largest absolute Gasteiger partial charge is 0.383 e.